The van der Waals surface area contributed by atoms with Crippen molar-refractivity contribution < 1.29 is 0 Å². The third kappa shape index (κ3) is 3.40. The van der Waals surface area contributed by atoms with Crippen LogP contribution in [0.1, 0.15) is 26.2 Å². The molecular weight excluding hydrogens is 258 g/mol. The van der Waals surface area contributed by atoms with Gasteiger partial charge in [0.1, 0.15) is 5.54 Å². The second-order valence-corrected chi connectivity index (χ2v) is 5.49. The van der Waals surface area contributed by atoms with Gasteiger partial charge in [0.15, 0.2) is 0 Å². The van der Waals surface area contributed by atoms with Gasteiger partial charge in [0.2, 0.25) is 0 Å². The number of halogens is 1. The van der Waals surface area contributed by atoms with Gasteiger partial charge in [0.05, 0.1) is 16.8 Å². The monoisotopic (exact) mass is 277 g/mol. The molecule has 0 radical (unpaired) electrons. The third-order valence-corrected chi connectivity index (χ3v) is 4.17. The molecule has 3 nitrogen and oxygen atoms in total. The summed E-state index contributed by atoms with van der Waals surface area (Å²) in [5, 5.41) is 13.7. The zero-order valence-electron chi connectivity index (χ0n) is 11.3. The fourth-order valence-corrected chi connectivity index (χ4v) is 2.77. The standard InChI is InChI=1S/C15H20ClN3/c1-2-19-10-5-8-15(12-17,9-11-19)18-14-7-4-3-6-13(14)16/h3-4,6-7,18H,2,5,8-11H2,1H3. The first-order chi connectivity index (χ1) is 9.19. The van der Waals surface area contributed by atoms with E-state index in [4.69, 9.17) is 11.6 Å². The molecular formula is C15H20ClN3. The van der Waals surface area contributed by atoms with Crippen molar-refractivity contribution in [2.75, 3.05) is 25.0 Å². The summed E-state index contributed by atoms with van der Waals surface area (Å²) >= 11 is 6.18. The van der Waals surface area contributed by atoms with Gasteiger partial charge in [-0.2, -0.15) is 5.26 Å². The van der Waals surface area contributed by atoms with Crippen molar-refractivity contribution in [2.24, 2.45) is 0 Å². The highest BCUT2D eigenvalue weighted by Gasteiger charge is 2.32. The van der Waals surface area contributed by atoms with Crippen LogP contribution in [0, 0.1) is 11.3 Å². The first-order valence-electron chi connectivity index (χ1n) is 6.85. The molecule has 0 saturated carbocycles. The van der Waals surface area contributed by atoms with E-state index in [1.54, 1.807) is 0 Å². The van der Waals surface area contributed by atoms with Crippen molar-refractivity contribution in [1.82, 2.24) is 4.90 Å². The minimum Gasteiger partial charge on any atom is -0.366 e. The Kier molecular flexibility index (Phi) is 4.68. The highest BCUT2D eigenvalue weighted by atomic mass is 35.5. The fourth-order valence-electron chi connectivity index (χ4n) is 2.59. The number of hydrogen-bond acceptors (Lipinski definition) is 3. The Labute approximate surface area is 120 Å². The van der Waals surface area contributed by atoms with E-state index in [0.717, 1.165) is 44.6 Å². The van der Waals surface area contributed by atoms with E-state index in [1.165, 1.54) is 0 Å². The topological polar surface area (TPSA) is 39.1 Å². The molecule has 1 aromatic rings. The van der Waals surface area contributed by atoms with Crippen LogP contribution in [0.3, 0.4) is 0 Å². The van der Waals surface area contributed by atoms with E-state index < -0.39 is 5.54 Å². The minimum absolute atomic E-state index is 0.491. The molecule has 0 amide bonds. The highest BCUT2D eigenvalue weighted by Crippen LogP contribution is 2.30. The van der Waals surface area contributed by atoms with Crippen LogP contribution in [0.2, 0.25) is 5.02 Å². The lowest BCUT2D eigenvalue weighted by molar-refractivity contribution is 0.297. The maximum absolute atomic E-state index is 9.60. The molecule has 1 aliphatic rings. The van der Waals surface area contributed by atoms with Crippen LogP contribution in [0.25, 0.3) is 0 Å². The van der Waals surface area contributed by atoms with Crippen LogP contribution < -0.4 is 5.32 Å². The van der Waals surface area contributed by atoms with Gasteiger partial charge in [0.25, 0.3) is 0 Å². The summed E-state index contributed by atoms with van der Waals surface area (Å²) in [7, 11) is 0. The number of nitriles is 1. The average Bonchev–Trinajstić information content (AvgIpc) is 2.64. The van der Waals surface area contributed by atoms with Crippen LogP contribution in [-0.2, 0) is 0 Å². The van der Waals surface area contributed by atoms with Crippen molar-refractivity contribution in [2.45, 2.75) is 31.7 Å². The van der Waals surface area contributed by atoms with Crippen molar-refractivity contribution >= 4 is 17.3 Å². The number of nitrogens with one attached hydrogen (secondary N) is 1. The second-order valence-electron chi connectivity index (χ2n) is 5.09. The average molecular weight is 278 g/mol. The first-order valence-corrected chi connectivity index (χ1v) is 7.23. The largest absolute Gasteiger partial charge is 0.366 e. The third-order valence-electron chi connectivity index (χ3n) is 3.84. The Morgan fingerprint density at radius 1 is 1.37 bits per heavy atom. The summed E-state index contributed by atoms with van der Waals surface area (Å²) < 4.78 is 0. The second kappa shape index (κ2) is 6.27. The van der Waals surface area contributed by atoms with Crippen LogP contribution in [0.15, 0.2) is 24.3 Å². The summed E-state index contributed by atoms with van der Waals surface area (Å²) in [4.78, 5) is 2.40. The molecule has 2 rings (SSSR count). The molecule has 19 heavy (non-hydrogen) atoms. The molecule has 4 heteroatoms. The van der Waals surface area contributed by atoms with Gasteiger partial charge in [-0.25, -0.2) is 0 Å². The van der Waals surface area contributed by atoms with Crippen LogP contribution in [0.5, 0.6) is 0 Å². The smallest absolute Gasteiger partial charge is 0.126 e. The van der Waals surface area contributed by atoms with Gasteiger partial charge in [-0.15, -0.1) is 0 Å². The van der Waals surface area contributed by atoms with Gasteiger partial charge in [-0.1, -0.05) is 30.7 Å². The lowest BCUT2D eigenvalue weighted by atomic mass is 9.92. The number of rotatable bonds is 3. The predicted molar refractivity (Wildman–Crippen MR) is 79.4 cm³/mol. The number of nitrogens with zero attached hydrogens (tertiary/aromatic N) is 2. The Balaban J connectivity index is 2.15. The van der Waals surface area contributed by atoms with Gasteiger partial charge in [-0.05, 0) is 44.5 Å². The van der Waals surface area contributed by atoms with E-state index >= 15 is 0 Å². The molecule has 0 bridgehead atoms. The fraction of sp³-hybridized carbons (Fsp3) is 0.533. The van der Waals surface area contributed by atoms with Crippen molar-refractivity contribution in [3.8, 4) is 6.07 Å². The summed E-state index contributed by atoms with van der Waals surface area (Å²) in [6, 6.07) is 10.1. The van der Waals surface area contributed by atoms with E-state index in [-0.39, 0.29) is 0 Å². The minimum atomic E-state index is -0.491. The maximum Gasteiger partial charge on any atom is 0.126 e. The molecule has 0 aliphatic carbocycles. The molecule has 102 valence electrons. The van der Waals surface area contributed by atoms with Gasteiger partial charge in [0, 0.05) is 6.54 Å². The SMILES string of the molecule is CCN1CCCC(C#N)(Nc2ccccc2Cl)CC1. The van der Waals surface area contributed by atoms with Crippen LogP contribution in [-0.4, -0.2) is 30.1 Å². The van der Waals surface area contributed by atoms with Crippen molar-refractivity contribution in [3.05, 3.63) is 29.3 Å². The lowest BCUT2D eigenvalue weighted by Crippen LogP contribution is -2.38. The molecule has 1 N–H and O–H groups in total. The number of para-hydroxylation sites is 1. The Bertz CT molecular complexity index is 469. The highest BCUT2D eigenvalue weighted by molar-refractivity contribution is 6.33. The van der Waals surface area contributed by atoms with E-state index in [9.17, 15) is 5.26 Å². The summed E-state index contributed by atoms with van der Waals surface area (Å²) in [5.74, 6) is 0. The molecule has 1 aliphatic heterocycles. The van der Waals surface area contributed by atoms with Crippen molar-refractivity contribution in [1.29, 1.82) is 5.26 Å². The number of likely N-dealkylation sites (tertiary alicyclic amines) is 1. The summed E-state index contributed by atoms with van der Waals surface area (Å²) in [6.07, 6.45) is 2.74. The first kappa shape index (κ1) is 14.2. The molecule has 0 spiro atoms. The van der Waals surface area contributed by atoms with Crippen molar-refractivity contribution in [3.63, 3.8) is 0 Å². The number of anilines is 1. The summed E-state index contributed by atoms with van der Waals surface area (Å²) in [5.41, 5.74) is 0.366. The Morgan fingerprint density at radius 3 is 2.84 bits per heavy atom. The molecule has 1 unspecified atom stereocenters. The predicted octanol–water partition coefficient (Wildman–Crippen LogP) is 3.52. The van der Waals surface area contributed by atoms with E-state index in [0.29, 0.717) is 5.02 Å². The number of benzene rings is 1. The van der Waals surface area contributed by atoms with E-state index in [1.807, 2.05) is 24.3 Å². The molecule has 0 aromatic heterocycles. The molecule has 1 fully saturated rings. The maximum atomic E-state index is 9.60. The Morgan fingerprint density at radius 2 is 2.16 bits per heavy atom. The zero-order chi connectivity index (χ0) is 13.7. The van der Waals surface area contributed by atoms with Crippen LogP contribution in [0.4, 0.5) is 5.69 Å². The van der Waals surface area contributed by atoms with Gasteiger partial charge < -0.3 is 10.2 Å². The normalized spacial score (nSPS) is 24.5. The summed E-state index contributed by atoms with van der Waals surface area (Å²) in [6.45, 7) is 5.25. The Hall–Kier alpha value is -1.24. The van der Waals surface area contributed by atoms with Gasteiger partial charge in [-0.3, -0.25) is 0 Å². The molecule has 1 atom stereocenters. The van der Waals surface area contributed by atoms with Crippen LogP contribution >= 0.6 is 11.6 Å². The zero-order valence-corrected chi connectivity index (χ0v) is 12.1. The van der Waals surface area contributed by atoms with Gasteiger partial charge >= 0.3 is 0 Å². The molecule has 1 saturated heterocycles. The lowest BCUT2D eigenvalue weighted by Gasteiger charge is -2.28. The number of hydrogen-bond donors (Lipinski definition) is 1. The molecule has 1 aromatic carbocycles. The molecule has 1 heterocycles. The van der Waals surface area contributed by atoms with E-state index in [2.05, 4.69) is 23.2 Å². The quantitative estimate of drug-likeness (QED) is 0.919.